The Balaban J connectivity index is 2.15. The van der Waals surface area contributed by atoms with Gasteiger partial charge in [0.25, 0.3) is 0 Å². The van der Waals surface area contributed by atoms with Crippen LogP contribution < -0.4 is 0 Å². The van der Waals surface area contributed by atoms with Crippen LogP contribution in [0.3, 0.4) is 0 Å². The number of pyridine rings is 1. The molecule has 0 amide bonds. The summed E-state index contributed by atoms with van der Waals surface area (Å²) in [6.45, 7) is 4.77. The Hall–Kier alpha value is -0.960. The minimum absolute atomic E-state index is 0.329. The number of aromatic nitrogens is 1. The number of rotatable bonds is 5. The van der Waals surface area contributed by atoms with E-state index in [1.807, 2.05) is 38.2 Å². The monoisotopic (exact) mass is 223 g/mol. The molecular formula is C12H17NOS. The molecule has 0 aliphatic rings. The highest BCUT2D eigenvalue weighted by molar-refractivity contribution is 7.80. The highest BCUT2D eigenvalue weighted by Gasteiger charge is 2.02. The Bertz CT molecular complexity index is 298. The molecule has 0 saturated carbocycles. The summed E-state index contributed by atoms with van der Waals surface area (Å²) in [5, 5.41) is 0.705. The van der Waals surface area contributed by atoms with E-state index >= 15 is 0 Å². The molecule has 1 aromatic heterocycles. The molecule has 15 heavy (non-hydrogen) atoms. The molecule has 0 fully saturated rings. The second-order valence-corrected chi connectivity index (χ2v) is 4.15. The van der Waals surface area contributed by atoms with Crippen LogP contribution in [0.1, 0.15) is 26.0 Å². The molecule has 1 rings (SSSR count). The highest BCUT2D eigenvalue weighted by atomic mass is 32.1. The number of nitrogens with zero attached hydrogens (tertiary/aromatic N) is 1. The quantitative estimate of drug-likeness (QED) is 0.566. The van der Waals surface area contributed by atoms with Gasteiger partial charge in [-0.05, 0) is 37.2 Å². The maximum Gasteiger partial charge on any atom is 0.162 e. The Kier molecular flexibility index (Phi) is 5.26. The van der Waals surface area contributed by atoms with E-state index < -0.39 is 0 Å². The lowest BCUT2D eigenvalue weighted by molar-refractivity contribution is 0.289. The molecule has 1 aromatic rings. The minimum atomic E-state index is 0.329. The van der Waals surface area contributed by atoms with Crippen LogP contribution in [0.25, 0.3) is 0 Å². The van der Waals surface area contributed by atoms with Crippen molar-refractivity contribution in [2.45, 2.75) is 26.7 Å². The third-order valence-corrected chi connectivity index (χ3v) is 2.61. The molecule has 0 unspecified atom stereocenters. The van der Waals surface area contributed by atoms with Gasteiger partial charge in [0.15, 0.2) is 5.05 Å². The van der Waals surface area contributed by atoms with E-state index in [-0.39, 0.29) is 0 Å². The molecule has 0 aromatic carbocycles. The number of aryl methyl sites for hydroxylation is 1. The number of hydrogen-bond acceptors (Lipinski definition) is 3. The smallest absolute Gasteiger partial charge is 0.162 e. The van der Waals surface area contributed by atoms with Gasteiger partial charge < -0.3 is 4.74 Å². The predicted octanol–water partition coefficient (Wildman–Crippen LogP) is 3.01. The van der Waals surface area contributed by atoms with Gasteiger partial charge in [-0.3, -0.25) is 4.98 Å². The molecule has 0 aliphatic carbocycles. The molecule has 0 atom stereocenters. The Morgan fingerprint density at radius 3 is 2.87 bits per heavy atom. The van der Waals surface area contributed by atoms with Crippen LogP contribution in [-0.2, 0) is 11.2 Å². The first-order valence-corrected chi connectivity index (χ1v) is 5.67. The molecule has 0 aliphatic heterocycles. The Morgan fingerprint density at radius 1 is 1.47 bits per heavy atom. The second-order valence-electron chi connectivity index (χ2n) is 3.75. The molecule has 1 heterocycles. The van der Waals surface area contributed by atoms with Crippen molar-refractivity contribution in [2.24, 2.45) is 5.92 Å². The summed E-state index contributed by atoms with van der Waals surface area (Å²) in [5.74, 6) is 0.329. The van der Waals surface area contributed by atoms with Crippen LogP contribution in [0.4, 0.5) is 0 Å². The Labute approximate surface area is 96.7 Å². The summed E-state index contributed by atoms with van der Waals surface area (Å²) in [6.07, 6.45) is 3.72. The third-order valence-electron chi connectivity index (χ3n) is 2.02. The lowest BCUT2D eigenvalue weighted by atomic mass is 10.2. The van der Waals surface area contributed by atoms with Crippen molar-refractivity contribution in [3.8, 4) is 0 Å². The van der Waals surface area contributed by atoms with Gasteiger partial charge in [-0.2, -0.15) is 0 Å². The van der Waals surface area contributed by atoms with Gasteiger partial charge >= 0.3 is 0 Å². The van der Waals surface area contributed by atoms with Crippen molar-refractivity contribution in [2.75, 3.05) is 6.61 Å². The summed E-state index contributed by atoms with van der Waals surface area (Å²) < 4.78 is 5.43. The fraction of sp³-hybridized carbons (Fsp3) is 0.500. The zero-order valence-electron chi connectivity index (χ0n) is 9.27. The highest BCUT2D eigenvalue weighted by Crippen LogP contribution is 2.02. The average molecular weight is 223 g/mol. The van der Waals surface area contributed by atoms with Gasteiger partial charge in [0.05, 0.1) is 6.61 Å². The zero-order valence-corrected chi connectivity index (χ0v) is 10.1. The van der Waals surface area contributed by atoms with Crippen molar-refractivity contribution in [3.05, 3.63) is 30.1 Å². The average Bonchev–Trinajstić information content (AvgIpc) is 2.25. The summed E-state index contributed by atoms with van der Waals surface area (Å²) in [6, 6.07) is 5.95. The lowest BCUT2D eigenvalue weighted by Gasteiger charge is -2.09. The SMILES string of the molecule is CC(C)C(=S)OCCCc1ccccn1. The van der Waals surface area contributed by atoms with Gasteiger partial charge in [-0.1, -0.05) is 19.9 Å². The van der Waals surface area contributed by atoms with Crippen LogP contribution in [0, 0.1) is 5.92 Å². The zero-order chi connectivity index (χ0) is 11.1. The van der Waals surface area contributed by atoms with E-state index in [4.69, 9.17) is 17.0 Å². The van der Waals surface area contributed by atoms with Crippen LogP contribution in [0.15, 0.2) is 24.4 Å². The van der Waals surface area contributed by atoms with Crippen LogP contribution >= 0.6 is 12.2 Å². The van der Waals surface area contributed by atoms with E-state index in [0.29, 0.717) is 17.6 Å². The molecule has 82 valence electrons. The topological polar surface area (TPSA) is 22.1 Å². The fourth-order valence-corrected chi connectivity index (χ4v) is 1.22. The van der Waals surface area contributed by atoms with E-state index in [9.17, 15) is 0 Å². The van der Waals surface area contributed by atoms with Crippen LogP contribution in [0.5, 0.6) is 0 Å². The first-order valence-electron chi connectivity index (χ1n) is 5.26. The van der Waals surface area contributed by atoms with Crippen molar-refractivity contribution in [1.29, 1.82) is 0 Å². The number of thiocarbonyl (C=S) groups is 1. The molecule has 0 radical (unpaired) electrons. The standard InChI is InChI=1S/C12H17NOS/c1-10(2)12(15)14-9-5-7-11-6-3-4-8-13-11/h3-4,6,8,10H,5,7,9H2,1-2H3. The summed E-state index contributed by atoms with van der Waals surface area (Å²) in [4.78, 5) is 4.24. The van der Waals surface area contributed by atoms with E-state index in [1.165, 1.54) is 0 Å². The number of hydrogen-bond donors (Lipinski definition) is 0. The van der Waals surface area contributed by atoms with Gasteiger partial charge in [0.2, 0.25) is 0 Å². The molecule has 3 heteroatoms. The summed E-state index contributed by atoms with van der Waals surface area (Å²) in [7, 11) is 0. The first kappa shape index (κ1) is 12.1. The lowest BCUT2D eigenvalue weighted by Crippen LogP contribution is -2.10. The fourth-order valence-electron chi connectivity index (χ4n) is 1.14. The Morgan fingerprint density at radius 2 is 2.27 bits per heavy atom. The summed E-state index contributed by atoms with van der Waals surface area (Å²) in [5.41, 5.74) is 1.11. The maximum absolute atomic E-state index is 5.43. The van der Waals surface area contributed by atoms with E-state index in [1.54, 1.807) is 0 Å². The van der Waals surface area contributed by atoms with Crippen molar-refractivity contribution < 1.29 is 4.74 Å². The van der Waals surface area contributed by atoms with E-state index in [0.717, 1.165) is 18.5 Å². The van der Waals surface area contributed by atoms with Crippen molar-refractivity contribution in [3.63, 3.8) is 0 Å². The molecule has 0 saturated heterocycles. The largest absolute Gasteiger partial charge is 0.487 e. The molecule has 0 N–H and O–H groups in total. The van der Waals surface area contributed by atoms with Crippen molar-refractivity contribution >= 4 is 17.3 Å². The van der Waals surface area contributed by atoms with Crippen molar-refractivity contribution in [1.82, 2.24) is 4.98 Å². The molecule has 0 bridgehead atoms. The van der Waals surface area contributed by atoms with Gasteiger partial charge in [-0.25, -0.2) is 0 Å². The number of ether oxygens (including phenoxy) is 1. The molecule has 0 spiro atoms. The van der Waals surface area contributed by atoms with E-state index in [2.05, 4.69) is 4.98 Å². The van der Waals surface area contributed by atoms with Crippen LogP contribution in [-0.4, -0.2) is 16.6 Å². The third kappa shape index (κ3) is 4.88. The van der Waals surface area contributed by atoms with Crippen LogP contribution in [0.2, 0.25) is 0 Å². The minimum Gasteiger partial charge on any atom is -0.487 e. The van der Waals surface area contributed by atoms with Gasteiger partial charge in [0, 0.05) is 17.8 Å². The molecular weight excluding hydrogens is 206 g/mol. The normalized spacial score (nSPS) is 10.3. The second kappa shape index (κ2) is 6.51. The molecule has 2 nitrogen and oxygen atoms in total. The first-order chi connectivity index (χ1) is 7.20. The maximum atomic E-state index is 5.43. The van der Waals surface area contributed by atoms with Gasteiger partial charge in [0.1, 0.15) is 0 Å². The predicted molar refractivity (Wildman–Crippen MR) is 65.9 cm³/mol. The van der Waals surface area contributed by atoms with Gasteiger partial charge in [-0.15, -0.1) is 0 Å². The summed E-state index contributed by atoms with van der Waals surface area (Å²) >= 11 is 5.07.